The lowest BCUT2D eigenvalue weighted by atomic mass is 9.97. The van der Waals surface area contributed by atoms with E-state index in [9.17, 15) is 29.3 Å². The molecule has 5 N–H and O–H groups in total. The van der Waals surface area contributed by atoms with E-state index in [1.807, 2.05) is 6.07 Å². The van der Waals surface area contributed by atoms with E-state index < -0.39 is 56.9 Å². The molecule has 6 atom stereocenters. The van der Waals surface area contributed by atoms with E-state index in [4.69, 9.17) is 29.0 Å². The van der Waals surface area contributed by atoms with Gasteiger partial charge in [0, 0.05) is 6.61 Å². The number of aliphatic hydroxyl groups excluding tert-OH is 2. The van der Waals surface area contributed by atoms with Crippen LogP contribution in [0.3, 0.4) is 0 Å². The van der Waals surface area contributed by atoms with Gasteiger partial charge in [-0.2, -0.15) is 10.4 Å². The molecule has 1 saturated heterocycles. The number of ether oxygens (including phenoxy) is 3. The summed E-state index contributed by atoms with van der Waals surface area (Å²) in [7, 11) is -4.78. The minimum absolute atomic E-state index is 0.0105. The fraction of sp³-hybridized carbons (Fsp3) is 0.667. The predicted octanol–water partition coefficient (Wildman–Crippen LogP) is 6.74. The van der Waals surface area contributed by atoms with Gasteiger partial charge in [0.15, 0.2) is 5.84 Å². The largest absolute Gasteiger partial charge is 0.472 e. The molecule has 0 amide bonds. The molecular weight excluding hydrogens is 732 g/mol. The van der Waals surface area contributed by atoms with Gasteiger partial charge >= 0.3 is 7.82 Å². The van der Waals surface area contributed by atoms with Crippen molar-refractivity contribution in [3.05, 3.63) is 59.2 Å². The molecule has 2 aliphatic rings. The molecule has 0 aromatic heterocycles. The second-order valence-electron chi connectivity index (χ2n) is 14.3. The van der Waals surface area contributed by atoms with Crippen molar-refractivity contribution in [3.8, 4) is 6.07 Å². The first kappa shape index (κ1) is 46.4. The van der Waals surface area contributed by atoms with Gasteiger partial charge in [-0.15, -0.1) is 0 Å². The van der Waals surface area contributed by atoms with E-state index in [1.54, 1.807) is 13.0 Å². The number of halogens is 1. The summed E-state index contributed by atoms with van der Waals surface area (Å²) >= 11 is 0. The standard InChI is InChI=1S/C39H61FN5O9P/c1-5-7-8-9-10-11-12-13-14-15-16-17-18-19-50-25-33(51-24-31-20-30(23-41)21-32(40)22-31)26-52-55(48,49)53-27-39(4)37(47)35(46)36(54-39)29(3)45-34(6-2)38(42)43-28-44-45/h6,20-22,28,33,35-37,46-47H,3,5,7-19,24-27H2,1-2,4H3,(H,48,49)(H2,42,43,44)/b34-6-/t33-,35+,36+,37+,39-/m1/s1. The Morgan fingerprint density at radius 1 is 1.09 bits per heavy atom. The van der Waals surface area contributed by atoms with E-state index in [2.05, 4.69) is 23.6 Å². The van der Waals surface area contributed by atoms with E-state index in [1.165, 1.54) is 94.6 Å². The zero-order valence-corrected chi connectivity index (χ0v) is 33.5. The molecule has 0 saturated carbocycles. The Labute approximate surface area is 325 Å². The Kier molecular flexibility index (Phi) is 20.1. The normalized spacial score (nSPS) is 23.5. The zero-order chi connectivity index (χ0) is 40.3. The zero-order valence-electron chi connectivity index (χ0n) is 32.6. The molecule has 0 spiro atoms. The van der Waals surface area contributed by atoms with Crippen LogP contribution in [0, 0.1) is 17.1 Å². The van der Waals surface area contributed by atoms with Crippen molar-refractivity contribution in [3.63, 3.8) is 0 Å². The molecule has 308 valence electrons. The number of phosphoric acid groups is 1. The SMILES string of the molecule is C=C([C@@H]1O[C@](C)(COP(=O)(O)OC[C@@H](COCCCCCCCCCCCCCCC)OCc2cc(F)cc(C#N)c2)[C@@H](O)[C@H]1O)N1N=CN=C(N)/C1=C/C. The van der Waals surface area contributed by atoms with E-state index in [0.717, 1.165) is 25.3 Å². The van der Waals surface area contributed by atoms with Crippen LogP contribution >= 0.6 is 7.82 Å². The number of hydrazone groups is 1. The highest BCUT2D eigenvalue weighted by molar-refractivity contribution is 7.47. The van der Waals surface area contributed by atoms with E-state index in [-0.39, 0.29) is 30.3 Å². The van der Waals surface area contributed by atoms with Crippen LogP contribution < -0.4 is 5.73 Å². The number of aliphatic hydroxyl groups is 2. The molecule has 1 unspecified atom stereocenters. The van der Waals surface area contributed by atoms with Crippen LogP contribution in [0.5, 0.6) is 0 Å². The minimum Gasteiger partial charge on any atom is -0.387 e. The average Bonchev–Trinajstić information content (AvgIpc) is 3.39. The van der Waals surface area contributed by atoms with E-state index >= 15 is 0 Å². The van der Waals surface area contributed by atoms with Crippen molar-refractivity contribution in [2.75, 3.05) is 26.4 Å². The van der Waals surface area contributed by atoms with Gasteiger partial charge in [0.2, 0.25) is 0 Å². The maximum atomic E-state index is 14.0. The summed E-state index contributed by atoms with van der Waals surface area (Å²) in [5.74, 6) is -0.437. The summed E-state index contributed by atoms with van der Waals surface area (Å²) in [5.41, 5.74) is 5.34. The first-order valence-electron chi connectivity index (χ1n) is 19.4. The topological polar surface area (TPSA) is 202 Å². The third-order valence-corrected chi connectivity index (χ3v) is 10.5. The summed E-state index contributed by atoms with van der Waals surface area (Å²) < 4.78 is 55.3. The summed E-state index contributed by atoms with van der Waals surface area (Å²) in [6, 6.07) is 5.73. The molecule has 2 aliphatic heterocycles. The van der Waals surface area contributed by atoms with Gasteiger partial charge in [-0.1, -0.05) is 96.6 Å². The Morgan fingerprint density at radius 3 is 2.35 bits per heavy atom. The molecule has 1 fully saturated rings. The van der Waals surface area contributed by atoms with Crippen molar-refractivity contribution >= 4 is 20.0 Å². The Morgan fingerprint density at radius 2 is 1.73 bits per heavy atom. The highest BCUT2D eigenvalue weighted by atomic mass is 31.2. The second kappa shape index (κ2) is 23.9. The van der Waals surface area contributed by atoms with Crippen LogP contribution in [0.4, 0.5) is 4.39 Å². The fourth-order valence-electron chi connectivity index (χ4n) is 6.35. The summed E-state index contributed by atoms with van der Waals surface area (Å²) in [4.78, 5) is 14.6. The number of benzene rings is 1. The molecule has 2 heterocycles. The number of nitrogens with zero attached hydrogens (tertiary/aromatic N) is 4. The highest BCUT2D eigenvalue weighted by Gasteiger charge is 2.54. The summed E-state index contributed by atoms with van der Waals surface area (Å²) in [6.07, 6.45) is 13.7. The number of unbranched alkanes of at least 4 members (excludes halogenated alkanes) is 12. The molecule has 0 aliphatic carbocycles. The smallest absolute Gasteiger partial charge is 0.387 e. The van der Waals surface area contributed by atoms with Crippen LogP contribution in [0.2, 0.25) is 0 Å². The van der Waals surface area contributed by atoms with Crippen molar-refractivity contribution in [2.45, 2.75) is 141 Å². The lowest BCUT2D eigenvalue weighted by Crippen LogP contribution is -2.44. The minimum atomic E-state index is -4.78. The number of nitrogens with two attached hydrogens (primary N) is 1. The van der Waals surface area contributed by atoms with Gasteiger partial charge in [-0.3, -0.25) is 9.05 Å². The second-order valence-corrected chi connectivity index (χ2v) is 15.7. The average molecular weight is 794 g/mol. The van der Waals surface area contributed by atoms with Gasteiger partial charge in [-0.25, -0.2) is 19.0 Å². The van der Waals surface area contributed by atoms with Crippen molar-refractivity contribution < 1.29 is 47.3 Å². The first-order chi connectivity index (χ1) is 26.3. The Bertz CT molecular complexity index is 1540. The molecule has 14 nitrogen and oxygen atoms in total. The number of hydrogen-bond acceptors (Lipinski definition) is 13. The Balaban J connectivity index is 1.48. The summed E-state index contributed by atoms with van der Waals surface area (Å²) in [5, 5.41) is 36.5. The third-order valence-electron chi connectivity index (χ3n) is 9.59. The lowest BCUT2D eigenvalue weighted by Gasteiger charge is -2.31. The van der Waals surface area contributed by atoms with Crippen molar-refractivity contribution in [1.29, 1.82) is 5.26 Å². The maximum Gasteiger partial charge on any atom is 0.472 e. The molecule has 16 heteroatoms. The van der Waals surface area contributed by atoms with Gasteiger partial charge < -0.3 is 35.1 Å². The number of nitriles is 1. The molecule has 1 aromatic rings. The molecular formula is C39H61FN5O9P. The number of allylic oxidation sites excluding steroid dienone is 1. The molecule has 0 radical (unpaired) electrons. The first-order valence-corrected chi connectivity index (χ1v) is 20.9. The van der Waals surface area contributed by atoms with Gasteiger partial charge in [0.25, 0.3) is 0 Å². The quantitative estimate of drug-likeness (QED) is 0.0541. The fourth-order valence-corrected chi connectivity index (χ4v) is 7.20. The van der Waals surface area contributed by atoms with Crippen molar-refractivity contribution in [1.82, 2.24) is 5.01 Å². The third kappa shape index (κ3) is 15.4. The van der Waals surface area contributed by atoms with Gasteiger partial charge in [0.05, 0.1) is 43.8 Å². The number of aliphatic imine (C=N–C) groups is 1. The van der Waals surface area contributed by atoms with Crippen LogP contribution in [0.25, 0.3) is 0 Å². The number of amidine groups is 1. The van der Waals surface area contributed by atoms with Crippen LogP contribution in [0.1, 0.15) is 115 Å². The highest BCUT2D eigenvalue weighted by Crippen LogP contribution is 2.46. The van der Waals surface area contributed by atoms with Gasteiger partial charge in [-0.05, 0) is 44.0 Å². The van der Waals surface area contributed by atoms with Crippen molar-refractivity contribution in [2.24, 2.45) is 15.8 Å². The molecule has 3 rings (SSSR count). The number of phosphoric ester groups is 1. The number of hydrogen-bond donors (Lipinski definition) is 4. The molecule has 0 bridgehead atoms. The number of rotatable bonds is 27. The van der Waals surface area contributed by atoms with Gasteiger partial charge in [0.1, 0.15) is 47.9 Å². The Hall–Kier alpha value is -3.03. The molecule has 55 heavy (non-hydrogen) atoms. The van der Waals surface area contributed by atoms with Crippen LogP contribution in [-0.4, -0.2) is 88.7 Å². The van der Waals surface area contributed by atoms with Crippen LogP contribution in [-0.2, 0) is 34.4 Å². The monoisotopic (exact) mass is 793 g/mol. The van der Waals surface area contributed by atoms with E-state index in [0.29, 0.717) is 17.9 Å². The summed E-state index contributed by atoms with van der Waals surface area (Å²) in [6.45, 7) is 8.58. The lowest BCUT2D eigenvalue weighted by molar-refractivity contribution is -0.0964. The van der Waals surface area contributed by atoms with Crippen LogP contribution in [0.15, 0.2) is 52.3 Å². The predicted molar refractivity (Wildman–Crippen MR) is 208 cm³/mol. The molecule has 1 aromatic carbocycles. The maximum absolute atomic E-state index is 14.0.